The molecule has 0 aromatic heterocycles. The van der Waals surface area contributed by atoms with Crippen LogP contribution in [0.4, 0.5) is 5.69 Å². The highest BCUT2D eigenvalue weighted by Crippen LogP contribution is 2.32. The number of hydrogen-bond donors (Lipinski definition) is 1. The molecule has 0 bridgehead atoms. The van der Waals surface area contributed by atoms with Crippen molar-refractivity contribution in [1.29, 1.82) is 10.5 Å². The van der Waals surface area contributed by atoms with E-state index in [0.29, 0.717) is 11.8 Å². The summed E-state index contributed by atoms with van der Waals surface area (Å²) in [4.78, 5) is 0. The van der Waals surface area contributed by atoms with Crippen molar-refractivity contribution in [3.05, 3.63) is 29.3 Å². The van der Waals surface area contributed by atoms with Crippen LogP contribution in [0.2, 0.25) is 0 Å². The van der Waals surface area contributed by atoms with E-state index in [9.17, 15) is 0 Å². The standard InChI is InChI=1S/C15H18N4/c1-10(2)13-6-5-7-14(11(3)4)15(13)19-18-12(8-16)9-17/h5-7,10-11,19H,1-4H3. The van der Waals surface area contributed by atoms with Crippen molar-refractivity contribution in [2.45, 2.75) is 39.5 Å². The van der Waals surface area contributed by atoms with Crippen LogP contribution in [0.25, 0.3) is 0 Å². The van der Waals surface area contributed by atoms with Gasteiger partial charge in [-0.05, 0) is 23.0 Å². The summed E-state index contributed by atoms with van der Waals surface area (Å²) in [5, 5.41) is 21.3. The second kappa shape index (κ2) is 6.56. The highest BCUT2D eigenvalue weighted by Gasteiger charge is 2.13. The summed E-state index contributed by atoms with van der Waals surface area (Å²) < 4.78 is 0. The molecule has 0 spiro atoms. The molecule has 0 atom stereocenters. The zero-order valence-corrected chi connectivity index (χ0v) is 11.7. The molecule has 0 fully saturated rings. The Balaban J connectivity index is 3.27. The second-order valence-corrected chi connectivity index (χ2v) is 4.92. The quantitative estimate of drug-likeness (QED) is 0.657. The number of nitrogens with zero attached hydrogens (tertiary/aromatic N) is 3. The smallest absolute Gasteiger partial charge is 0.237 e. The van der Waals surface area contributed by atoms with Crippen molar-refractivity contribution in [1.82, 2.24) is 0 Å². The molecule has 19 heavy (non-hydrogen) atoms. The van der Waals surface area contributed by atoms with Gasteiger partial charge >= 0.3 is 0 Å². The van der Waals surface area contributed by atoms with Crippen molar-refractivity contribution in [2.24, 2.45) is 5.10 Å². The summed E-state index contributed by atoms with van der Waals surface area (Å²) in [6, 6.07) is 9.58. The summed E-state index contributed by atoms with van der Waals surface area (Å²) in [5.74, 6) is 0.674. The molecule has 98 valence electrons. The minimum Gasteiger partial charge on any atom is -0.276 e. The molecule has 0 heterocycles. The van der Waals surface area contributed by atoms with Crippen LogP contribution in [-0.4, -0.2) is 5.71 Å². The lowest BCUT2D eigenvalue weighted by molar-refractivity contribution is 0.835. The molecule has 0 saturated carbocycles. The zero-order valence-electron chi connectivity index (χ0n) is 11.7. The van der Waals surface area contributed by atoms with Crippen molar-refractivity contribution in [2.75, 3.05) is 5.43 Å². The van der Waals surface area contributed by atoms with Crippen LogP contribution in [0, 0.1) is 22.7 Å². The van der Waals surface area contributed by atoms with E-state index in [2.05, 4.69) is 38.2 Å². The Kier molecular flexibility index (Phi) is 5.09. The number of anilines is 1. The topological polar surface area (TPSA) is 72.0 Å². The van der Waals surface area contributed by atoms with Crippen LogP contribution in [-0.2, 0) is 0 Å². The largest absolute Gasteiger partial charge is 0.276 e. The third kappa shape index (κ3) is 3.56. The number of nitrogens with one attached hydrogen (secondary N) is 1. The third-order valence-corrected chi connectivity index (χ3v) is 2.86. The van der Waals surface area contributed by atoms with E-state index in [1.165, 1.54) is 0 Å². The van der Waals surface area contributed by atoms with E-state index in [1.54, 1.807) is 12.1 Å². The Labute approximate surface area is 114 Å². The Morgan fingerprint density at radius 2 is 1.53 bits per heavy atom. The molecule has 1 N–H and O–H groups in total. The monoisotopic (exact) mass is 254 g/mol. The molecule has 0 aliphatic carbocycles. The van der Waals surface area contributed by atoms with Gasteiger partial charge in [0.15, 0.2) is 0 Å². The maximum absolute atomic E-state index is 8.72. The molecule has 0 saturated heterocycles. The number of hydrazone groups is 1. The summed E-state index contributed by atoms with van der Waals surface area (Å²) in [5.41, 5.74) is 5.87. The van der Waals surface area contributed by atoms with Crippen molar-refractivity contribution in [3.8, 4) is 12.1 Å². The summed E-state index contributed by atoms with van der Waals surface area (Å²) in [7, 11) is 0. The summed E-state index contributed by atoms with van der Waals surface area (Å²) in [6.07, 6.45) is 0. The van der Waals surface area contributed by atoms with Gasteiger partial charge in [0.25, 0.3) is 0 Å². The van der Waals surface area contributed by atoms with E-state index >= 15 is 0 Å². The maximum Gasteiger partial charge on any atom is 0.237 e. The molecule has 1 rings (SSSR count). The number of para-hydroxylation sites is 1. The van der Waals surface area contributed by atoms with Gasteiger partial charge in [-0.1, -0.05) is 45.9 Å². The number of nitriles is 2. The Morgan fingerprint density at radius 3 is 1.89 bits per heavy atom. The van der Waals surface area contributed by atoms with Crippen LogP contribution in [0.1, 0.15) is 50.7 Å². The Bertz CT molecular complexity index is 514. The van der Waals surface area contributed by atoms with Crippen molar-refractivity contribution < 1.29 is 0 Å². The highest BCUT2D eigenvalue weighted by atomic mass is 15.3. The highest BCUT2D eigenvalue weighted by molar-refractivity contribution is 6.10. The molecule has 4 heteroatoms. The fourth-order valence-corrected chi connectivity index (χ4v) is 1.87. The summed E-state index contributed by atoms with van der Waals surface area (Å²) in [6.45, 7) is 8.40. The van der Waals surface area contributed by atoms with Crippen LogP contribution < -0.4 is 5.43 Å². The molecule has 0 unspecified atom stereocenters. The van der Waals surface area contributed by atoms with Crippen molar-refractivity contribution in [3.63, 3.8) is 0 Å². The van der Waals surface area contributed by atoms with Crippen LogP contribution >= 0.6 is 0 Å². The minimum absolute atomic E-state index is 0.173. The molecular weight excluding hydrogens is 236 g/mol. The first kappa shape index (κ1) is 14.7. The maximum atomic E-state index is 8.72. The number of rotatable bonds is 4. The molecule has 0 aliphatic heterocycles. The molecular formula is C15H18N4. The predicted molar refractivity (Wildman–Crippen MR) is 76.9 cm³/mol. The van der Waals surface area contributed by atoms with E-state index in [0.717, 1.165) is 16.8 Å². The lowest BCUT2D eigenvalue weighted by Crippen LogP contribution is -2.05. The molecule has 1 aromatic carbocycles. The van der Waals surface area contributed by atoms with E-state index in [-0.39, 0.29) is 5.71 Å². The van der Waals surface area contributed by atoms with Gasteiger partial charge in [-0.15, -0.1) is 0 Å². The fraction of sp³-hybridized carbons (Fsp3) is 0.400. The molecule has 0 aliphatic rings. The predicted octanol–water partition coefficient (Wildman–Crippen LogP) is 3.75. The second-order valence-electron chi connectivity index (χ2n) is 4.92. The van der Waals surface area contributed by atoms with Gasteiger partial charge < -0.3 is 0 Å². The Morgan fingerprint density at radius 1 is 1.05 bits per heavy atom. The van der Waals surface area contributed by atoms with Gasteiger partial charge in [0.2, 0.25) is 5.71 Å². The first-order valence-electron chi connectivity index (χ1n) is 6.28. The fourth-order valence-electron chi connectivity index (χ4n) is 1.87. The lowest BCUT2D eigenvalue weighted by atomic mass is 9.93. The van der Waals surface area contributed by atoms with Gasteiger partial charge in [0.1, 0.15) is 12.1 Å². The average Bonchev–Trinajstić information content (AvgIpc) is 2.39. The van der Waals surface area contributed by atoms with Crippen LogP contribution in [0.15, 0.2) is 23.3 Å². The van der Waals surface area contributed by atoms with Gasteiger partial charge in [-0.25, -0.2) is 0 Å². The van der Waals surface area contributed by atoms with Gasteiger partial charge in [0, 0.05) is 0 Å². The molecule has 0 radical (unpaired) electrons. The van der Waals surface area contributed by atoms with E-state index < -0.39 is 0 Å². The van der Waals surface area contributed by atoms with Crippen LogP contribution in [0.5, 0.6) is 0 Å². The van der Waals surface area contributed by atoms with Gasteiger partial charge in [0.05, 0.1) is 5.69 Å². The molecule has 1 aromatic rings. The normalized spacial score (nSPS) is 9.89. The average molecular weight is 254 g/mol. The summed E-state index contributed by atoms with van der Waals surface area (Å²) >= 11 is 0. The number of hydrogen-bond acceptors (Lipinski definition) is 4. The van der Waals surface area contributed by atoms with E-state index in [4.69, 9.17) is 10.5 Å². The number of benzene rings is 1. The minimum atomic E-state index is -0.173. The third-order valence-electron chi connectivity index (χ3n) is 2.86. The van der Waals surface area contributed by atoms with Gasteiger partial charge in [-0.2, -0.15) is 15.6 Å². The molecule has 0 amide bonds. The van der Waals surface area contributed by atoms with Crippen molar-refractivity contribution >= 4 is 11.4 Å². The van der Waals surface area contributed by atoms with Gasteiger partial charge in [-0.3, -0.25) is 5.43 Å². The lowest BCUT2D eigenvalue weighted by Gasteiger charge is -2.18. The Hall–Kier alpha value is -2.33. The van der Waals surface area contributed by atoms with Crippen LogP contribution in [0.3, 0.4) is 0 Å². The zero-order chi connectivity index (χ0) is 14.4. The first-order valence-corrected chi connectivity index (χ1v) is 6.28. The first-order chi connectivity index (χ1) is 9.01. The van der Waals surface area contributed by atoms with E-state index in [1.807, 2.05) is 18.2 Å². The SMILES string of the molecule is CC(C)c1cccc(C(C)C)c1NN=C(C#N)C#N. The molecule has 4 nitrogen and oxygen atoms in total.